The predicted octanol–water partition coefficient (Wildman–Crippen LogP) is 4.68. The Kier molecular flexibility index (Phi) is 5.09. The molecule has 1 atom stereocenters. The molecule has 1 unspecified atom stereocenters. The molecular formula is C25H26N6O. The summed E-state index contributed by atoms with van der Waals surface area (Å²) in [5.74, 6) is 1.24. The summed E-state index contributed by atoms with van der Waals surface area (Å²) in [7, 11) is 1.84. The molecule has 1 aromatic carbocycles. The van der Waals surface area contributed by atoms with Crippen LogP contribution >= 0.6 is 0 Å². The highest BCUT2D eigenvalue weighted by molar-refractivity contribution is 6.05. The number of hydrogen-bond donors (Lipinski definition) is 2. The van der Waals surface area contributed by atoms with Gasteiger partial charge in [0.05, 0.1) is 23.0 Å². The number of anilines is 2. The third-order valence-corrected chi connectivity index (χ3v) is 6.20. The smallest absolute Gasteiger partial charge is 0.259 e. The summed E-state index contributed by atoms with van der Waals surface area (Å²) in [4.78, 5) is 22.0. The van der Waals surface area contributed by atoms with Crippen LogP contribution in [0.3, 0.4) is 0 Å². The van der Waals surface area contributed by atoms with Crippen molar-refractivity contribution in [3.63, 3.8) is 0 Å². The van der Waals surface area contributed by atoms with Gasteiger partial charge < -0.3 is 10.6 Å². The highest BCUT2D eigenvalue weighted by Crippen LogP contribution is 2.29. The second-order valence-corrected chi connectivity index (χ2v) is 8.55. The Balaban J connectivity index is 1.44. The third-order valence-electron chi connectivity index (χ3n) is 6.20. The van der Waals surface area contributed by atoms with Crippen LogP contribution in [0.5, 0.6) is 0 Å². The van der Waals surface area contributed by atoms with Crippen LogP contribution in [0.1, 0.15) is 35.0 Å². The van der Waals surface area contributed by atoms with E-state index in [0.717, 1.165) is 64.2 Å². The maximum atomic E-state index is 13.0. The van der Waals surface area contributed by atoms with Gasteiger partial charge >= 0.3 is 0 Å². The number of hydrogen-bond acceptors (Lipinski definition) is 5. The first-order valence-electron chi connectivity index (χ1n) is 10.9. The largest absolute Gasteiger partial charge is 0.373 e. The predicted molar refractivity (Wildman–Crippen MR) is 127 cm³/mol. The monoisotopic (exact) mass is 426 g/mol. The van der Waals surface area contributed by atoms with E-state index in [-0.39, 0.29) is 5.91 Å². The van der Waals surface area contributed by atoms with E-state index in [0.29, 0.717) is 11.5 Å². The Bertz CT molecular complexity index is 1330. The van der Waals surface area contributed by atoms with Crippen LogP contribution in [-0.2, 0) is 13.0 Å². The van der Waals surface area contributed by atoms with E-state index < -0.39 is 0 Å². The zero-order chi connectivity index (χ0) is 22.2. The quantitative estimate of drug-likeness (QED) is 0.495. The molecule has 4 aromatic rings. The molecule has 1 aliphatic heterocycles. The number of benzene rings is 1. The SMILES string of the molecule is CNc1cc2ncc(-c3cc(NC(=O)c4cnn5c4CC(C)CC5)ccc3C)cc2cn1. The number of carbonyl (C=O) groups excluding carboxylic acids is 1. The molecule has 0 radical (unpaired) electrons. The lowest BCUT2D eigenvalue weighted by Crippen LogP contribution is -2.21. The van der Waals surface area contributed by atoms with E-state index >= 15 is 0 Å². The van der Waals surface area contributed by atoms with E-state index in [2.05, 4.69) is 45.6 Å². The topological polar surface area (TPSA) is 84.7 Å². The van der Waals surface area contributed by atoms with E-state index in [1.54, 1.807) is 6.20 Å². The molecule has 0 fully saturated rings. The highest BCUT2D eigenvalue weighted by Gasteiger charge is 2.23. The van der Waals surface area contributed by atoms with Gasteiger partial charge in [-0.3, -0.25) is 14.5 Å². The van der Waals surface area contributed by atoms with Crippen molar-refractivity contribution in [3.05, 3.63) is 65.7 Å². The number of carbonyl (C=O) groups is 1. The third kappa shape index (κ3) is 3.70. The van der Waals surface area contributed by atoms with Gasteiger partial charge in [-0.2, -0.15) is 5.10 Å². The second kappa shape index (κ2) is 8.07. The van der Waals surface area contributed by atoms with Crippen molar-refractivity contribution in [2.45, 2.75) is 33.2 Å². The molecule has 1 amide bonds. The molecule has 162 valence electrons. The van der Waals surface area contributed by atoms with Crippen molar-refractivity contribution in [1.29, 1.82) is 0 Å². The Hall–Kier alpha value is -3.74. The van der Waals surface area contributed by atoms with Crippen LogP contribution in [0.15, 0.2) is 48.9 Å². The van der Waals surface area contributed by atoms with Crippen LogP contribution < -0.4 is 10.6 Å². The molecule has 7 nitrogen and oxygen atoms in total. The van der Waals surface area contributed by atoms with Crippen molar-refractivity contribution >= 4 is 28.3 Å². The van der Waals surface area contributed by atoms with Crippen molar-refractivity contribution in [2.24, 2.45) is 5.92 Å². The van der Waals surface area contributed by atoms with Gasteiger partial charge in [-0.15, -0.1) is 0 Å². The molecule has 0 bridgehead atoms. The van der Waals surface area contributed by atoms with Crippen LogP contribution in [0.2, 0.25) is 0 Å². The summed E-state index contributed by atoms with van der Waals surface area (Å²) in [5, 5.41) is 11.5. The fourth-order valence-electron chi connectivity index (χ4n) is 4.30. The van der Waals surface area contributed by atoms with Gasteiger partial charge in [-0.05, 0) is 55.0 Å². The zero-order valence-corrected chi connectivity index (χ0v) is 18.5. The number of nitrogens with one attached hydrogen (secondary N) is 2. The molecule has 0 saturated heterocycles. The molecule has 0 aliphatic carbocycles. The van der Waals surface area contributed by atoms with Gasteiger partial charge in [0.15, 0.2) is 0 Å². The second-order valence-electron chi connectivity index (χ2n) is 8.55. The Morgan fingerprint density at radius 1 is 1.12 bits per heavy atom. The minimum atomic E-state index is -0.115. The number of aromatic nitrogens is 4. The van der Waals surface area contributed by atoms with Crippen molar-refractivity contribution in [3.8, 4) is 11.1 Å². The van der Waals surface area contributed by atoms with Gasteiger partial charge in [-0.1, -0.05) is 13.0 Å². The van der Waals surface area contributed by atoms with Gasteiger partial charge in [0, 0.05) is 48.7 Å². The highest BCUT2D eigenvalue weighted by atomic mass is 16.1. The van der Waals surface area contributed by atoms with Crippen LogP contribution in [0.4, 0.5) is 11.5 Å². The van der Waals surface area contributed by atoms with Crippen molar-refractivity contribution in [1.82, 2.24) is 19.7 Å². The lowest BCUT2D eigenvalue weighted by molar-refractivity contribution is 0.102. The van der Waals surface area contributed by atoms with E-state index in [1.807, 2.05) is 48.4 Å². The first-order chi connectivity index (χ1) is 15.5. The number of fused-ring (bicyclic) bond motifs is 2. The standard InChI is InChI=1S/C25H26N6O/c1-15-6-7-31-23(8-15)21(14-29-31)25(32)30-19-5-4-16(2)20(10-19)17-9-18-13-28-24(26-3)11-22(18)27-12-17/h4-5,9-15H,6-8H2,1-3H3,(H,26,28)(H,30,32). The van der Waals surface area contributed by atoms with E-state index in [9.17, 15) is 4.79 Å². The van der Waals surface area contributed by atoms with Crippen molar-refractivity contribution < 1.29 is 4.79 Å². The van der Waals surface area contributed by atoms with Gasteiger partial charge in [-0.25, -0.2) is 4.98 Å². The lowest BCUT2D eigenvalue weighted by atomic mass is 9.96. The Labute approximate surface area is 186 Å². The molecule has 32 heavy (non-hydrogen) atoms. The average molecular weight is 427 g/mol. The maximum Gasteiger partial charge on any atom is 0.259 e. The van der Waals surface area contributed by atoms with Crippen LogP contribution in [-0.4, -0.2) is 32.7 Å². The summed E-state index contributed by atoms with van der Waals surface area (Å²) in [6.07, 6.45) is 7.36. The fourth-order valence-corrected chi connectivity index (χ4v) is 4.30. The van der Waals surface area contributed by atoms with Crippen molar-refractivity contribution in [2.75, 3.05) is 17.7 Å². The Morgan fingerprint density at radius 3 is 2.84 bits per heavy atom. The zero-order valence-electron chi connectivity index (χ0n) is 18.5. The fraction of sp³-hybridized carbons (Fsp3) is 0.280. The summed E-state index contributed by atoms with van der Waals surface area (Å²) in [5.41, 5.74) is 6.46. The number of nitrogens with zero attached hydrogens (tertiary/aromatic N) is 4. The maximum absolute atomic E-state index is 13.0. The number of aryl methyl sites for hydroxylation is 2. The minimum absolute atomic E-state index is 0.115. The number of amides is 1. The summed E-state index contributed by atoms with van der Waals surface area (Å²) >= 11 is 0. The molecule has 4 heterocycles. The molecule has 5 rings (SSSR count). The molecule has 0 saturated carbocycles. The molecule has 7 heteroatoms. The van der Waals surface area contributed by atoms with Crippen LogP contribution in [0, 0.1) is 12.8 Å². The number of pyridine rings is 2. The number of rotatable bonds is 4. The molecule has 0 spiro atoms. The summed E-state index contributed by atoms with van der Waals surface area (Å²) in [6.45, 7) is 5.15. The summed E-state index contributed by atoms with van der Waals surface area (Å²) in [6, 6.07) is 9.97. The molecule has 1 aliphatic rings. The average Bonchev–Trinajstić information content (AvgIpc) is 3.22. The normalized spacial score (nSPS) is 15.4. The van der Waals surface area contributed by atoms with E-state index in [1.165, 1.54) is 0 Å². The molecule has 3 aromatic heterocycles. The minimum Gasteiger partial charge on any atom is -0.373 e. The summed E-state index contributed by atoms with van der Waals surface area (Å²) < 4.78 is 1.96. The first kappa shape index (κ1) is 20.2. The van der Waals surface area contributed by atoms with E-state index in [4.69, 9.17) is 0 Å². The lowest BCUT2D eigenvalue weighted by Gasteiger charge is -2.20. The van der Waals surface area contributed by atoms with Gasteiger partial charge in [0.25, 0.3) is 5.91 Å². The first-order valence-corrected chi connectivity index (χ1v) is 10.9. The molecule has 2 N–H and O–H groups in total. The molecular weight excluding hydrogens is 400 g/mol. The van der Waals surface area contributed by atoms with Crippen LogP contribution in [0.25, 0.3) is 22.0 Å². The van der Waals surface area contributed by atoms with Gasteiger partial charge in [0.1, 0.15) is 5.82 Å². The van der Waals surface area contributed by atoms with Gasteiger partial charge in [0.2, 0.25) is 0 Å². The Morgan fingerprint density at radius 2 is 2.00 bits per heavy atom.